The molecule has 84 valence electrons. The van der Waals surface area contributed by atoms with Crippen LogP contribution in [0.1, 0.15) is 44.1 Å². The van der Waals surface area contributed by atoms with Crippen LogP contribution in [-0.4, -0.2) is 23.7 Å². The van der Waals surface area contributed by atoms with Crippen LogP contribution >= 0.6 is 11.6 Å². The highest BCUT2D eigenvalue weighted by Gasteiger charge is 2.12. The fourth-order valence-electron chi connectivity index (χ4n) is 1.29. The van der Waals surface area contributed by atoms with Crippen LogP contribution in [0.25, 0.3) is 0 Å². The summed E-state index contributed by atoms with van der Waals surface area (Å²) in [7, 11) is 1.67. The van der Waals surface area contributed by atoms with Crippen LogP contribution in [-0.2, 0) is 4.74 Å². The summed E-state index contributed by atoms with van der Waals surface area (Å²) in [4.78, 5) is 8.69. The third kappa shape index (κ3) is 3.43. The maximum Gasteiger partial charge on any atom is 0.135 e. The van der Waals surface area contributed by atoms with Crippen molar-refractivity contribution in [1.29, 1.82) is 0 Å². The van der Waals surface area contributed by atoms with E-state index in [9.17, 15) is 0 Å². The van der Waals surface area contributed by atoms with Gasteiger partial charge in [0.05, 0.1) is 6.61 Å². The SMILES string of the molecule is COCC(C)c1nc(Cl)cc(C(C)C)n1. The summed E-state index contributed by atoms with van der Waals surface area (Å²) < 4.78 is 5.08. The van der Waals surface area contributed by atoms with Gasteiger partial charge >= 0.3 is 0 Å². The summed E-state index contributed by atoms with van der Waals surface area (Å²) in [5.41, 5.74) is 0.980. The second-order valence-corrected chi connectivity index (χ2v) is 4.37. The van der Waals surface area contributed by atoms with E-state index in [2.05, 4.69) is 23.8 Å². The molecule has 1 unspecified atom stereocenters. The van der Waals surface area contributed by atoms with Gasteiger partial charge in [0.15, 0.2) is 0 Å². The second-order valence-electron chi connectivity index (χ2n) is 3.98. The van der Waals surface area contributed by atoms with Gasteiger partial charge in [-0.1, -0.05) is 32.4 Å². The third-order valence-electron chi connectivity index (χ3n) is 2.18. The Morgan fingerprint density at radius 1 is 1.33 bits per heavy atom. The van der Waals surface area contributed by atoms with E-state index in [1.165, 1.54) is 0 Å². The van der Waals surface area contributed by atoms with Crippen LogP contribution < -0.4 is 0 Å². The molecule has 1 heterocycles. The van der Waals surface area contributed by atoms with Gasteiger partial charge in [0.2, 0.25) is 0 Å². The Morgan fingerprint density at radius 2 is 2.00 bits per heavy atom. The summed E-state index contributed by atoms with van der Waals surface area (Å²) in [6.45, 7) is 6.81. The third-order valence-corrected chi connectivity index (χ3v) is 2.37. The zero-order chi connectivity index (χ0) is 11.4. The molecule has 0 aliphatic rings. The number of rotatable bonds is 4. The Balaban J connectivity index is 2.98. The first-order valence-electron chi connectivity index (χ1n) is 5.08. The van der Waals surface area contributed by atoms with Gasteiger partial charge in [0.1, 0.15) is 11.0 Å². The largest absolute Gasteiger partial charge is 0.384 e. The predicted octanol–water partition coefficient (Wildman–Crippen LogP) is 3.00. The van der Waals surface area contributed by atoms with Crippen LogP contribution in [0.3, 0.4) is 0 Å². The molecule has 3 nitrogen and oxygen atoms in total. The number of nitrogens with zero attached hydrogens (tertiary/aromatic N) is 2. The fourth-order valence-corrected chi connectivity index (χ4v) is 1.49. The molecule has 1 aromatic rings. The number of aromatic nitrogens is 2. The van der Waals surface area contributed by atoms with Crippen LogP contribution in [0.5, 0.6) is 0 Å². The Hall–Kier alpha value is -0.670. The smallest absolute Gasteiger partial charge is 0.135 e. The number of ether oxygens (including phenoxy) is 1. The lowest BCUT2D eigenvalue weighted by atomic mass is 10.1. The molecule has 4 heteroatoms. The molecule has 1 rings (SSSR count). The lowest BCUT2D eigenvalue weighted by Crippen LogP contribution is -2.09. The van der Waals surface area contributed by atoms with E-state index < -0.39 is 0 Å². The van der Waals surface area contributed by atoms with Crippen LogP contribution in [0.2, 0.25) is 5.15 Å². The van der Waals surface area contributed by atoms with Gasteiger partial charge < -0.3 is 4.74 Å². The lowest BCUT2D eigenvalue weighted by Gasteiger charge is -2.12. The topological polar surface area (TPSA) is 35.0 Å². The van der Waals surface area contributed by atoms with E-state index in [4.69, 9.17) is 16.3 Å². The number of halogens is 1. The molecule has 0 amide bonds. The molecule has 0 radical (unpaired) electrons. The van der Waals surface area contributed by atoms with Crippen molar-refractivity contribution in [3.8, 4) is 0 Å². The average Bonchev–Trinajstić information content (AvgIpc) is 2.17. The zero-order valence-electron chi connectivity index (χ0n) is 9.62. The first-order valence-corrected chi connectivity index (χ1v) is 5.45. The molecule has 0 fully saturated rings. The van der Waals surface area contributed by atoms with Gasteiger partial charge in [-0.15, -0.1) is 0 Å². The van der Waals surface area contributed by atoms with Crippen molar-refractivity contribution in [3.63, 3.8) is 0 Å². The van der Waals surface area contributed by atoms with Gasteiger partial charge in [-0.25, -0.2) is 9.97 Å². The average molecular weight is 229 g/mol. The predicted molar refractivity (Wildman–Crippen MR) is 61.4 cm³/mol. The summed E-state index contributed by atoms with van der Waals surface area (Å²) in [6, 6.07) is 1.81. The van der Waals surface area contributed by atoms with Crippen LogP contribution in [0.15, 0.2) is 6.07 Å². The zero-order valence-corrected chi connectivity index (χ0v) is 10.4. The van der Waals surface area contributed by atoms with Crippen molar-refractivity contribution in [2.45, 2.75) is 32.6 Å². The van der Waals surface area contributed by atoms with E-state index in [0.717, 1.165) is 11.5 Å². The van der Waals surface area contributed by atoms with E-state index in [1.807, 2.05) is 13.0 Å². The number of hydrogen-bond acceptors (Lipinski definition) is 3. The summed E-state index contributed by atoms with van der Waals surface area (Å²) >= 11 is 5.95. The van der Waals surface area contributed by atoms with E-state index in [0.29, 0.717) is 17.7 Å². The lowest BCUT2D eigenvalue weighted by molar-refractivity contribution is 0.181. The minimum absolute atomic E-state index is 0.172. The van der Waals surface area contributed by atoms with Crippen molar-refractivity contribution in [1.82, 2.24) is 9.97 Å². The molecular weight excluding hydrogens is 212 g/mol. The molecule has 0 bridgehead atoms. The van der Waals surface area contributed by atoms with E-state index in [-0.39, 0.29) is 5.92 Å². The van der Waals surface area contributed by atoms with Gasteiger partial charge in [-0.2, -0.15) is 0 Å². The van der Waals surface area contributed by atoms with Crippen molar-refractivity contribution in [2.24, 2.45) is 0 Å². The van der Waals surface area contributed by atoms with Crippen LogP contribution in [0, 0.1) is 0 Å². The molecule has 15 heavy (non-hydrogen) atoms. The van der Waals surface area contributed by atoms with Crippen molar-refractivity contribution in [3.05, 3.63) is 22.7 Å². The highest BCUT2D eigenvalue weighted by molar-refractivity contribution is 6.29. The molecule has 1 aromatic heterocycles. The molecule has 1 atom stereocenters. The van der Waals surface area contributed by atoms with Crippen LogP contribution in [0.4, 0.5) is 0 Å². The van der Waals surface area contributed by atoms with Gasteiger partial charge in [-0.3, -0.25) is 0 Å². The second kappa shape index (κ2) is 5.42. The van der Waals surface area contributed by atoms with Gasteiger partial charge in [0, 0.05) is 18.7 Å². The molecule has 0 N–H and O–H groups in total. The van der Waals surface area contributed by atoms with E-state index in [1.54, 1.807) is 7.11 Å². The summed E-state index contributed by atoms with van der Waals surface area (Å²) in [5.74, 6) is 1.29. The monoisotopic (exact) mass is 228 g/mol. The molecule has 0 saturated heterocycles. The molecule has 0 aliphatic carbocycles. The quantitative estimate of drug-likeness (QED) is 0.744. The Bertz CT molecular complexity index is 328. The fraction of sp³-hybridized carbons (Fsp3) is 0.636. The minimum atomic E-state index is 0.172. The Morgan fingerprint density at radius 3 is 2.53 bits per heavy atom. The molecule has 0 aliphatic heterocycles. The molecule has 0 spiro atoms. The molecular formula is C11H17ClN2O. The standard InChI is InChI=1S/C11H17ClN2O/c1-7(2)9-5-10(12)14-11(13-9)8(3)6-15-4/h5,7-8H,6H2,1-4H3. The Labute approximate surface area is 95.8 Å². The maximum absolute atomic E-state index is 5.95. The summed E-state index contributed by atoms with van der Waals surface area (Å²) in [6.07, 6.45) is 0. The van der Waals surface area contributed by atoms with Crippen molar-refractivity contribution >= 4 is 11.6 Å². The maximum atomic E-state index is 5.95. The normalized spacial score (nSPS) is 13.2. The molecule has 0 saturated carbocycles. The number of hydrogen-bond donors (Lipinski definition) is 0. The van der Waals surface area contributed by atoms with Crippen molar-refractivity contribution < 1.29 is 4.74 Å². The first-order chi connectivity index (χ1) is 7.04. The van der Waals surface area contributed by atoms with Gasteiger partial charge in [-0.05, 0) is 12.0 Å². The van der Waals surface area contributed by atoms with Crippen molar-refractivity contribution in [2.75, 3.05) is 13.7 Å². The first kappa shape index (κ1) is 12.4. The van der Waals surface area contributed by atoms with Gasteiger partial charge in [0.25, 0.3) is 0 Å². The van der Waals surface area contributed by atoms with E-state index >= 15 is 0 Å². The Kier molecular flexibility index (Phi) is 4.48. The summed E-state index contributed by atoms with van der Waals surface area (Å²) in [5, 5.41) is 0.506. The highest BCUT2D eigenvalue weighted by Crippen LogP contribution is 2.19. The highest BCUT2D eigenvalue weighted by atomic mass is 35.5. The molecule has 0 aromatic carbocycles. The minimum Gasteiger partial charge on any atom is -0.384 e. The number of methoxy groups -OCH3 is 1.